The monoisotopic (exact) mass is 472 g/mol. The second kappa shape index (κ2) is 9.86. The number of nitriles is 1. The molecule has 1 aliphatic carbocycles. The predicted molar refractivity (Wildman–Crippen MR) is 117 cm³/mol. The summed E-state index contributed by atoms with van der Waals surface area (Å²) in [6.45, 7) is -0.411. The molecule has 0 aliphatic heterocycles. The fraction of sp³-hybridized carbons (Fsp3) is 0.318. The van der Waals surface area contributed by atoms with E-state index < -0.39 is 24.0 Å². The van der Waals surface area contributed by atoms with E-state index in [1.54, 1.807) is 6.08 Å². The minimum absolute atomic E-state index is 0.391. The van der Waals surface area contributed by atoms with Gasteiger partial charge in [-0.25, -0.2) is 4.79 Å². The topological polar surface area (TPSA) is 79.2 Å². The Morgan fingerprint density at radius 2 is 1.93 bits per heavy atom. The molecule has 0 bridgehead atoms. The third-order valence-electron chi connectivity index (χ3n) is 4.82. The number of nitrogens with zero attached hydrogens (tertiary/aromatic N) is 1. The van der Waals surface area contributed by atoms with Crippen LogP contribution in [0.1, 0.15) is 42.5 Å². The summed E-state index contributed by atoms with van der Waals surface area (Å²) in [7, 11) is 0. The fourth-order valence-corrected chi connectivity index (χ4v) is 4.31. The number of thiophene rings is 1. The molecule has 0 spiro atoms. The molecule has 1 saturated carbocycles. The Kier molecular flexibility index (Phi) is 7.24. The van der Waals surface area contributed by atoms with Gasteiger partial charge < -0.3 is 10.1 Å². The molecule has 0 saturated heterocycles. The lowest BCUT2D eigenvalue weighted by atomic mass is 9.83. The molecule has 0 atom stereocenters. The van der Waals surface area contributed by atoms with Gasteiger partial charge in [0.15, 0.2) is 6.61 Å². The fourth-order valence-electron chi connectivity index (χ4n) is 3.32. The summed E-state index contributed by atoms with van der Waals surface area (Å²) < 4.78 is 6.23. The highest BCUT2D eigenvalue weighted by Crippen LogP contribution is 2.28. The number of benzene rings is 1. The van der Waals surface area contributed by atoms with Crippen molar-refractivity contribution >= 4 is 50.8 Å². The standard InChI is InChI=1S/C22H21BrN2O3S/c23-17-8-6-16(7-9-17)13-18(19-5-4-12-29-19)21(27)28-14-20(26)25-22(15-24)10-2-1-3-11-22/h4-9,12-13H,1-3,10-11,14H2,(H,25,26). The number of hydrogen-bond donors (Lipinski definition) is 1. The smallest absolute Gasteiger partial charge is 0.340 e. The molecular formula is C22H21BrN2O3S. The maximum atomic E-state index is 12.7. The number of carbonyl (C=O) groups excluding carboxylic acids is 2. The van der Waals surface area contributed by atoms with E-state index in [1.807, 2.05) is 41.8 Å². The van der Waals surface area contributed by atoms with Gasteiger partial charge in [-0.3, -0.25) is 4.79 Å². The van der Waals surface area contributed by atoms with E-state index in [9.17, 15) is 14.9 Å². The van der Waals surface area contributed by atoms with Crippen molar-refractivity contribution in [2.75, 3.05) is 6.61 Å². The Balaban J connectivity index is 1.68. The average molecular weight is 473 g/mol. The summed E-state index contributed by atoms with van der Waals surface area (Å²) in [5.41, 5.74) is 0.400. The maximum Gasteiger partial charge on any atom is 0.340 e. The van der Waals surface area contributed by atoms with Gasteiger partial charge in [0.05, 0.1) is 11.6 Å². The van der Waals surface area contributed by atoms with Crippen LogP contribution in [0.3, 0.4) is 0 Å². The zero-order valence-corrected chi connectivity index (χ0v) is 18.2. The lowest BCUT2D eigenvalue weighted by molar-refractivity contribution is -0.143. The number of hydrogen-bond acceptors (Lipinski definition) is 5. The first-order valence-electron chi connectivity index (χ1n) is 9.42. The number of ether oxygens (including phenoxy) is 1. The molecule has 0 unspecified atom stereocenters. The van der Waals surface area contributed by atoms with Gasteiger partial charge in [0.1, 0.15) is 5.54 Å². The molecule has 1 N–H and O–H groups in total. The highest BCUT2D eigenvalue weighted by molar-refractivity contribution is 9.10. The highest BCUT2D eigenvalue weighted by atomic mass is 79.9. The van der Waals surface area contributed by atoms with Crippen molar-refractivity contribution in [1.29, 1.82) is 5.26 Å². The van der Waals surface area contributed by atoms with E-state index >= 15 is 0 Å². The van der Waals surface area contributed by atoms with Crippen LogP contribution in [0.15, 0.2) is 46.3 Å². The van der Waals surface area contributed by atoms with Gasteiger partial charge in [-0.2, -0.15) is 5.26 Å². The first-order valence-corrected chi connectivity index (χ1v) is 11.1. The normalized spacial score (nSPS) is 15.9. The molecule has 1 heterocycles. The average Bonchev–Trinajstić information content (AvgIpc) is 3.27. The second-order valence-corrected chi connectivity index (χ2v) is 8.83. The number of nitrogens with one attached hydrogen (secondary N) is 1. The number of rotatable bonds is 6. The number of amides is 1. The minimum atomic E-state index is -0.842. The van der Waals surface area contributed by atoms with Gasteiger partial charge >= 0.3 is 5.97 Å². The van der Waals surface area contributed by atoms with E-state index in [1.165, 1.54) is 11.3 Å². The summed E-state index contributed by atoms with van der Waals surface area (Å²) >= 11 is 4.82. The summed E-state index contributed by atoms with van der Waals surface area (Å²) in [5.74, 6) is -1.02. The molecule has 1 aliphatic rings. The van der Waals surface area contributed by atoms with Gasteiger partial charge in [0.2, 0.25) is 0 Å². The molecule has 1 aromatic heterocycles. The second-order valence-electron chi connectivity index (χ2n) is 6.97. The summed E-state index contributed by atoms with van der Waals surface area (Å²) in [4.78, 5) is 25.8. The molecule has 1 fully saturated rings. The predicted octanol–water partition coefficient (Wildman–Crippen LogP) is 4.94. The highest BCUT2D eigenvalue weighted by Gasteiger charge is 2.33. The largest absolute Gasteiger partial charge is 0.452 e. The number of carbonyl (C=O) groups is 2. The van der Waals surface area contributed by atoms with Crippen molar-refractivity contribution in [3.05, 3.63) is 56.7 Å². The molecule has 2 aromatic rings. The zero-order chi connectivity index (χ0) is 20.7. The summed E-state index contributed by atoms with van der Waals surface area (Å²) in [6, 6.07) is 13.5. The van der Waals surface area contributed by atoms with Crippen molar-refractivity contribution in [3.63, 3.8) is 0 Å². The Morgan fingerprint density at radius 3 is 2.55 bits per heavy atom. The molecule has 150 valence electrons. The van der Waals surface area contributed by atoms with E-state index in [2.05, 4.69) is 27.3 Å². The van der Waals surface area contributed by atoms with Gasteiger partial charge in [-0.05, 0) is 48.1 Å². The Hall–Kier alpha value is -2.43. The van der Waals surface area contributed by atoms with Crippen LogP contribution in [0, 0.1) is 11.3 Å². The van der Waals surface area contributed by atoms with Crippen LogP contribution in [-0.4, -0.2) is 24.0 Å². The Labute approximate surface area is 182 Å². The van der Waals surface area contributed by atoms with Gasteiger partial charge in [0.25, 0.3) is 5.91 Å². The first-order chi connectivity index (χ1) is 14.0. The minimum Gasteiger partial charge on any atom is -0.452 e. The molecule has 3 rings (SSSR count). The van der Waals surface area contributed by atoms with Gasteiger partial charge in [0, 0.05) is 9.35 Å². The third-order valence-corrected chi connectivity index (χ3v) is 6.25. The number of halogens is 1. The molecule has 1 amide bonds. The van der Waals surface area contributed by atoms with Crippen LogP contribution in [0.5, 0.6) is 0 Å². The van der Waals surface area contributed by atoms with Crippen LogP contribution in [0.2, 0.25) is 0 Å². The van der Waals surface area contributed by atoms with E-state index in [-0.39, 0.29) is 0 Å². The van der Waals surface area contributed by atoms with Crippen molar-refractivity contribution in [2.24, 2.45) is 0 Å². The Bertz CT molecular complexity index is 924. The summed E-state index contributed by atoms with van der Waals surface area (Å²) in [5, 5.41) is 14.1. The van der Waals surface area contributed by atoms with Crippen molar-refractivity contribution in [2.45, 2.75) is 37.6 Å². The molecule has 7 heteroatoms. The molecule has 29 heavy (non-hydrogen) atoms. The third kappa shape index (κ3) is 5.78. The van der Waals surface area contributed by atoms with Crippen LogP contribution >= 0.6 is 27.3 Å². The van der Waals surface area contributed by atoms with Crippen LogP contribution in [0.4, 0.5) is 0 Å². The molecule has 5 nitrogen and oxygen atoms in total. The first kappa shape index (κ1) is 21.3. The van der Waals surface area contributed by atoms with Crippen LogP contribution in [0.25, 0.3) is 11.6 Å². The Morgan fingerprint density at radius 1 is 1.21 bits per heavy atom. The van der Waals surface area contributed by atoms with E-state index in [0.29, 0.717) is 18.4 Å². The maximum absolute atomic E-state index is 12.7. The van der Waals surface area contributed by atoms with Gasteiger partial charge in [-0.15, -0.1) is 11.3 Å². The van der Waals surface area contributed by atoms with Crippen molar-refractivity contribution in [1.82, 2.24) is 5.32 Å². The summed E-state index contributed by atoms with van der Waals surface area (Å²) in [6.07, 6.45) is 5.90. The lowest BCUT2D eigenvalue weighted by Gasteiger charge is -2.31. The number of esters is 1. The van der Waals surface area contributed by atoms with Crippen LogP contribution in [-0.2, 0) is 14.3 Å². The quantitative estimate of drug-likeness (QED) is 0.476. The SMILES string of the molecule is N#CC1(NC(=O)COC(=O)C(=Cc2ccc(Br)cc2)c2cccs2)CCCCC1. The lowest BCUT2D eigenvalue weighted by Crippen LogP contribution is -2.50. The van der Waals surface area contributed by atoms with Gasteiger partial charge in [-0.1, -0.05) is 53.4 Å². The van der Waals surface area contributed by atoms with Crippen molar-refractivity contribution in [3.8, 4) is 6.07 Å². The zero-order valence-electron chi connectivity index (χ0n) is 15.8. The molecule has 0 radical (unpaired) electrons. The van der Waals surface area contributed by atoms with Crippen molar-refractivity contribution < 1.29 is 14.3 Å². The van der Waals surface area contributed by atoms with E-state index in [0.717, 1.165) is 34.2 Å². The van der Waals surface area contributed by atoms with E-state index in [4.69, 9.17) is 4.74 Å². The molecule has 1 aromatic carbocycles. The molecular weight excluding hydrogens is 452 g/mol. The van der Waals surface area contributed by atoms with Crippen LogP contribution < -0.4 is 5.32 Å².